The maximum Gasteiger partial charge on any atom is 0.251 e. The van der Waals surface area contributed by atoms with Crippen molar-refractivity contribution in [1.82, 2.24) is 25.9 Å². The quantitative estimate of drug-likeness (QED) is 0.670. The van der Waals surface area contributed by atoms with E-state index >= 15 is 0 Å². The second-order valence-corrected chi connectivity index (χ2v) is 4.00. The highest BCUT2D eigenvalue weighted by Gasteiger charge is 2.08. The van der Waals surface area contributed by atoms with Crippen molar-refractivity contribution in [3.05, 3.63) is 40.7 Å². The molecule has 102 valence electrons. The number of benzene rings is 1. The maximum atomic E-state index is 12.0. The van der Waals surface area contributed by atoms with Gasteiger partial charge in [-0.05, 0) is 24.6 Å². The number of aromatic nitrogens is 4. The van der Waals surface area contributed by atoms with Gasteiger partial charge in [0.2, 0.25) is 0 Å². The number of carbonyl (C=O) groups is 1. The van der Waals surface area contributed by atoms with E-state index in [9.17, 15) is 4.79 Å². The van der Waals surface area contributed by atoms with E-state index in [1.807, 2.05) is 13.0 Å². The summed E-state index contributed by atoms with van der Waals surface area (Å²) in [6.45, 7) is 1.87. The average molecular weight is 271 g/mol. The molecule has 0 aliphatic carbocycles. The van der Waals surface area contributed by atoms with Gasteiger partial charge in [-0.15, -0.1) is 10.2 Å². The molecule has 2 rings (SSSR count). The summed E-state index contributed by atoms with van der Waals surface area (Å²) in [5.41, 5.74) is 2.15. The number of aliphatic hydroxyl groups excluding tert-OH is 1. The van der Waals surface area contributed by atoms with E-state index in [1.54, 1.807) is 12.1 Å². The van der Waals surface area contributed by atoms with Gasteiger partial charge in [0.15, 0.2) is 5.82 Å². The summed E-state index contributed by atoms with van der Waals surface area (Å²) in [6, 6.07) is 5.21. The highest BCUT2D eigenvalue weighted by atomic mass is 16.2. The number of carbonyl (C=O) groups excluding carboxylic acids is 1. The minimum Gasteiger partial charge on any atom is -0.384 e. The molecule has 0 fully saturated rings. The molecular formula is C13H13N5O2. The molecule has 3 N–H and O–H groups in total. The van der Waals surface area contributed by atoms with Crippen LogP contribution in [0, 0.1) is 18.8 Å². The van der Waals surface area contributed by atoms with E-state index in [0.29, 0.717) is 17.0 Å². The molecule has 7 nitrogen and oxygen atoms in total. The summed E-state index contributed by atoms with van der Waals surface area (Å²) < 4.78 is 0. The van der Waals surface area contributed by atoms with Crippen LogP contribution >= 0.6 is 0 Å². The molecule has 1 aromatic carbocycles. The number of H-pyrrole nitrogens is 1. The first-order valence-corrected chi connectivity index (χ1v) is 5.91. The molecule has 0 unspecified atom stereocenters. The molecular weight excluding hydrogens is 258 g/mol. The fourth-order valence-electron chi connectivity index (χ4n) is 1.55. The van der Waals surface area contributed by atoms with Crippen molar-refractivity contribution in [2.75, 3.05) is 6.61 Å². The Bertz CT molecular complexity index is 655. The summed E-state index contributed by atoms with van der Waals surface area (Å²) in [7, 11) is 0. The number of hydrogen-bond donors (Lipinski definition) is 3. The minimum absolute atomic E-state index is 0.195. The van der Waals surface area contributed by atoms with Gasteiger partial charge in [0.1, 0.15) is 6.61 Å². The van der Waals surface area contributed by atoms with Gasteiger partial charge in [-0.3, -0.25) is 4.79 Å². The largest absolute Gasteiger partial charge is 0.384 e. The lowest BCUT2D eigenvalue weighted by molar-refractivity contribution is 0.0950. The number of aliphatic hydroxyl groups is 1. The fraction of sp³-hybridized carbons (Fsp3) is 0.231. The smallest absolute Gasteiger partial charge is 0.251 e. The van der Waals surface area contributed by atoms with Crippen LogP contribution < -0.4 is 5.32 Å². The standard InChI is InChI=1S/C13H13N5O2/c1-9-4-5-11(7-10(9)3-2-6-19)13(20)14-8-12-15-17-18-16-12/h4-5,7,19H,6,8H2,1H3,(H,14,20)(H,15,16,17,18). The topological polar surface area (TPSA) is 104 Å². The number of tetrazole rings is 1. The molecule has 0 aliphatic rings. The van der Waals surface area contributed by atoms with E-state index in [0.717, 1.165) is 5.56 Å². The summed E-state index contributed by atoms with van der Waals surface area (Å²) in [4.78, 5) is 12.0. The second-order valence-electron chi connectivity index (χ2n) is 4.00. The highest BCUT2D eigenvalue weighted by molar-refractivity contribution is 5.94. The highest BCUT2D eigenvalue weighted by Crippen LogP contribution is 2.10. The van der Waals surface area contributed by atoms with Crippen LogP contribution in [0.5, 0.6) is 0 Å². The fourth-order valence-corrected chi connectivity index (χ4v) is 1.55. The molecule has 0 aliphatic heterocycles. The van der Waals surface area contributed by atoms with Crippen LogP contribution in [0.1, 0.15) is 27.3 Å². The van der Waals surface area contributed by atoms with Crippen molar-refractivity contribution in [2.24, 2.45) is 0 Å². The van der Waals surface area contributed by atoms with Crippen molar-refractivity contribution < 1.29 is 9.90 Å². The van der Waals surface area contributed by atoms with Crippen LogP contribution in [-0.2, 0) is 6.54 Å². The summed E-state index contributed by atoms with van der Waals surface area (Å²) in [5.74, 6) is 5.54. The Labute approximate surface area is 115 Å². The molecule has 0 saturated heterocycles. The Morgan fingerprint density at radius 1 is 1.50 bits per heavy atom. The van der Waals surface area contributed by atoms with Crippen molar-refractivity contribution in [3.63, 3.8) is 0 Å². The van der Waals surface area contributed by atoms with Gasteiger partial charge in [0.25, 0.3) is 5.91 Å². The number of hydrogen-bond acceptors (Lipinski definition) is 5. The third-order valence-electron chi connectivity index (χ3n) is 2.60. The summed E-state index contributed by atoms with van der Waals surface area (Å²) in [6.07, 6.45) is 0. The van der Waals surface area contributed by atoms with E-state index in [1.165, 1.54) is 0 Å². The number of aryl methyl sites for hydroxylation is 1. The monoisotopic (exact) mass is 271 g/mol. The van der Waals surface area contributed by atoms with Gasteiger partial charge in [0.05, 0.1) is 6.54 Å². The molecule has 7 heteroatoms. The molecule has 0 atom stereocenters. The number of nitrogens with zero attached hydrogens (tertiary/aromatic N) is 3. The Balaban J connectivity index is 2.09. The van der Waals surface area contributed by atoms with Crippen LogP contribution in [0.3, 0.4) is 0 Å². The third kappa shape index (κ3) is 3.40. The third-order valence-corrected chi connectivity index (χ3v) is 2.60. The molecule has 1 heterocycles. The number of amides is 1. The van der Waals surface area contributed by atoms with Gasteiger partial charge >= 0.3 is 0 Å². The second kappa shape index (κ2) is 6.45. The lowest BCUT2D eigenvalue weighted by Crippen LogP contribution is -2.23. The molecule has 1 aromatic heterocycles. The molecule has 0 bridgehead atoms. The normalized spacial score (nSPS) is 9.70. The average Bonchev–Trinajstić information content (AvgIpc) is 2.97. The van der Waals surface area contributed by atoms with Crippen molar-refractivity contribution in [3.8, 4) is 11.8 Å². The summed E-state index contributed by atoms with van der Waals surface area (Å²) in [5, 5.41) is 24.6. The van der Waals surface area contributed by atoms with Gasteiger partial charge in [0, 0.05) is 11.1 Å². The van der Waals surface area contributed by atoms with Gasteiger partial charge in [-0.25, -0.2) is 0 Å². The minimum atomic E-state index is -0.248. The Kier molecular flexibility index (Phi) is 4.42. The number of aromatic amines is 1. The van der Waals surface area contributed by atoms with Gasteiger partial charge < -0.3 is 10.4 Å². The Morgan fingerprint density at radius 2 is 2.35 bits per heavy atom. The first-order chi connectivity index (χ1) is 9.70. The lowest BCUT2D eigenvalue weighted by atomic mass is 10.0. The summed E-state index contributed by atoms with van der Waals surface area (Å²) >= 11 is 0. The van der Waals surface area contributed by atoms with Crippen LogP contribution in [0.25, 0.3) is 0 Å². The molecule has 0 saturated carbocycles. The van der Waals surface area contributed by atoms with Crippen molar-refractivity contribution >= 4 is 5.91 Å². The van der Waals surface area contributed by atoms with Gasteiger partial charge in [-0.2, -0.15) is 5.21 Å². The van der Waals surface area contributed by atoms with Crippen molar-refractivity contribution in [1.29, 1.82) is 0 Å². The van der Waals surface area contributed by atoms with Crippen LogP contribution in [0.2, 0.25) is 0 Å². The van der Waals surface area contributed by atoms with Crippen LogP contribution in [0.4, 0.5) is 0 Å². The van der Waals surface area contributed by atoms with E-state index in [-0.39, 0.29) is 19.1 Å². The van der Waals surface area contributed by atoms with Crippen LogP contribution in [-0.4, -0.2) is 38.2 Å². The van der Waals surface area contributed by atoms with Crippen LogP contribution in [0.15, 0.2) is 18.2 Å². The first-order valence-electron chi connectivity index (χ1n) is 5.91. The molecule has 0 spiro atoms. The van der Waals surface area contributed by atoms with Crippen molar-refractivity contribution in [2.45, 2.75) is 13.5 Å². The van der Waals surface area contributed by atoms with Gasteiger partial charge in [-0.1, -0.05) is 23.1 Å². The maximum absolute atomic E-state index is 12.0. The SMILES string of the molecule is Cc1ccc(C(=O)NCc2nn[nH]n2)cc1C#CCO. The predicted octanol–water partition coefficient (Wildman–Crippen LogP) is -0.218. The zero-order valence-electron chi connectivity index (χ0n) is 10.8. The zero-order chi connectivity index (χ0) is 14.4. The number of rotatable bonds is 3. The van der Waals surface area contributed by atoms with E-state index < -0.39 is 0 Å². The molecule has 1 amide bonds. The first kappa shape index (κ1) is 13.7. The van der Waals surface area contributed by atoms with E-state index in [2.05, 4.69) is 37.8 Å². The predicted molar refractivity (Wildman–Crippen MR) is 70.5 cm³/mol. The Morgan fingerprint density at radius 3 is 3.05 bits per heavy atom. The lowest BCUT2D eigenvalue weighted by Gasteiger charge is -2.05. The molecule has 0 radical (unpaired) electrons. The Hall–Kier alpha value is -2.72. The number of nitrogens with one attached hydrogen (secondary N) is 2. The van der Waals surface area contributed by atoms with E-state index in [4.69, 9.17) is 5.11 Å². The zero-order valence-corrected chi connectivity index (χ0v) is 10.8. The molecule has 2 aromatic rings. The molecule has 20 heavy (non-hydrogen) atoms.